The predicted molar refractivity (Wildman–Crippen MR) is 156 cm³/mol. The van der Waals surface area contributed by atoms with Gasteiger partial charge in [0.15, 0.2) is 16.9 Å². The van der Waals surface area contributed by atoms with Crippen LogP contribution < -0.4 is 20.2 Å². The first kappa shape index (κ1) is 26.9. The van der Waals surface area contributed by atoms with Crippen molar-refractivity contribution in [2.45, 2.75) is 13.0 Å². The van der Waals surface area contributed by atoms with E-state index in [2.05, 4.69) is 22.2 Å². The molecule has 0 radical (unpaired) electrons. The Balaban J connectivity index is 1.25. The zero-order valence-electron chi connectivity index (χ0n) is 22.6. The highest BCUT2D eigenvalue weighted by Crippen LogP contribution is 2.28. The lowest BCUT2D eigenvalue weighted by Crippen LogP contribution is -2.20. The fourth-order valence-electron chi connectivity index (χ4n) is 4.82. The number of rotatable bonds is 9. The smallest absolute Gasteiger partial charge is 0.257 e. The standard InChI is InChI=1S/C32H30FN3O4/c1-36(19-21-12-15-27(39-2)28(18-21)40-3)17-16-20-10-13-22(14-11-20)34-32(38)25-8-4-6-23-29(25)35-30-24(31(23)37)7-5-9-26(30)33/h4-15,18H,16-17,19H2,1-3H3,(H,34,38)(H,35,37). The Bertz CT molecular complexity index is 1750. The summed E-state index contributed by atoms with van der Waals surface area (Å²) < 4.78 is 25.1. The van der Waals surface area contributed by atoms with Crippen LogP contribution in [-0.4, -0.2) is 43.6 Å². The summed E-state index contributed by atoms with van der Waals surface area (Å²) in [7, 11) is 5.31. The molecule has 0 fully saturated rings. The number of fused-ring (bicyclic) bond motifs is 2. The third kappa shape index (κ3) is 5.53. The average Bonchev–Trinajstić information content (AvgIpc) is 2.97. The molecule has 40 heavy (non-hydrogen) atoms. The van der Waals surface area contributed by atoms with Gasteiger partial charge in [0.05, 0.1) is 30.8 Å². The number of methoxy groups -OCH3 is 2. The molecule has 0 saturated carbocycles. The molecule has 0 unspecified atom stereocenters. The number of nitrogens with zero attached hydrogens (tertiary/aromatic N) is 1. The van der Waals surface area contributed by atoms with Crippen molar-refractivity contribution in [3.8, 4) is 11.5 Å². The summed E-state index contributed by atoms with van der Waals surface area (Å²) in [5.41, 5.74) is 3.22. The fourth-order valence-corrected chi connectivity index (χ4v) is 4.82. The SMILES string of the molecule is COc1ccc(CN(C)CCc2ccc(NC(=O)c3cccc4c(=O)c5cccc(F)c5[nH]c34)cc2)cc1OC. The maximum atomic E-state index is 14.4. The molecule has 0 aliphatic carbocycles. The summed E-state index contributed by atoms with van der Waals surface area (Å²) in [4.78, 5) is 31.3. The third-order valence-electron chi connectivity index (χ3n) is 6.96. The minimum absolute atomic E-state index is 0.0840. The van der Waals surface area contributed by atoms with Gasteiger partial charge in [-0.25, -0.2) is 4.39 Å². The summed E-state index contributed by atoms with van der Waals surface area (Å²) in [5.74, 6) is 0.481. The number of para-hydroxylation sites is 2. The molecule has 0 aliphatic heterocycles. The largest absolute Gasteiger partial charge is 0.493 e. The molecule has 5 rings (SSSR count). The molecule has 2 N–H and O–H groups in total. The number of H-pyrrole nitrogens is 1. The van der Waals surface area contributed by atoms with E-state index in [-0.39, 0.29) is 27.8 Å². The zero-order chi connectivity index (χ0) is 28.2. The van der Waals surface area contributed by atoms with Gasteiger partial charge in [-0.2, -0.15) is 0 Å². The van der Waals surface area contributed by atoms with Gasteiger partial charge in [-0.1, -0.05) is 30.3 Å². The molecule has 5 aromatic rings. The van der Waals surface area contributed by atoms with E-state index in [1.165, 1.54) is 12.1 Å². The minimum atomic E-state index is -0.545. The van der Waals surface area contributed by atoms with E-state index in [4.69, 9.17) is 9.47 Å². The van der Waals surface area contributed by atoms with Crippen LogP contribution in [0.3, 0.4) is 0 Å². The highest BCUT2D eigenvalue weighted by atomic mass is 19.1. The number of hydrogen-bond acceptors (Lipinski definition) is 5. The molecule has 1 amide bonds. The second kappa shape index (κ2) is 11.6. The topological polar surface area (TPSA) is 83.7 Å². The molecule has 0 saturated heterocycles. The van der Waals surface area contributed by atoms with Gasteiger partial charge in [0.25, 0.3) is 5.91 Å². The number of carbonyl (C=O) groups is 1. The highest BCUT2D eigenvalue weighted by Gasteiger charge is 2.16. The lowest BCUT2D eigenvalue weighted by atomic mass is 10.1. The number of carbonyl (C=O) groups excluding carboxylic acids is 1. The maximum Gasteiger partial charge on any atom is 0.257 e. The number of anilines is 1. The molecule has 204 valence electrons. The van der Waals surface area contributed by atoms with E-state index in [0.29, 0.717) is 28.1 Å². The van der Waals surface area contributed by atoms with E-state index in [1.54, 1.807) is 38.5 Å². The van der Waals surface area contributed by atoms with Crippen molar-refractivity contribution in [1.82, 2.24) is 9.88 Å². The Morgan fingerprint density at radius 1 is 0.875 bits per heavy atom. The number of likely N-dealkylation sites (N-methyl/N-ethyl adjacent to an activating group) is 1. The minimum Gasteiger partial charge on any atom is -0.493 e. The van der Waals surface area contributed by atoms with Crippen LogP contribution in [0.15, 0.2) is 83.7 Å². The van der Waals surface area contributed by atoms with E-state index >= 15 is 0 Å². The molecule has 1 heterocycles. The number of pyridine rings is 1. The molecular formula is C32H30FN3O4. The van der Waals surface area contributed by atoms with Gasteiger partial charge in [-0.05, 0) is 73.1 Å². The molecule has 8 heteroatoms. The van der Waals surface area contributed by atoms with Crippen molar-refractivity contribution < 1.29 is 18.7 Å². The van der Waals surface area contributed by atoms with Crippen molar-refractivity contribution in [3.05, 3.63) is 112 Å². The number of ether oxygens (including phenoxy) is 2. The molecule has 0 aliphatic rings. The van der Waals surface area contributed by atoms with Crippen LogP contribution in [0.25, 0.3) is 21.8 Å². The predicted octanol–water partition coefficient (Wildman–Crippen LogP) is 5.76. The molecule has 0 atom stereocenters. The van der Waals surface area contributed by atoms with Crippen LogP contribution in [-0.2, 0) is 13.0 Å². The van der Waals surface area contributed by atoms with Gasteiger partial charge in [0.2, 0.25) is 0 Å². The number of aromatic amines is 1. The first-order valence-electron chi connectivity index (χ1n) is 12.9. The van der Waals surface area contributed by atoms with Crippen LogP contribution in [0.5, 0.6) is 11.5 Å². The lowest BCUT2D eigenvalue weighted by Gasteiger charge is -2.18. The Hall–Kier alpha value is -4.69. The number of hydrogen-bond donors (Lipinski definition) is 2. The van der Waals surface area contributed by atoms with E-state index in [1.807, 2.05) is 42.5 Å². The number of benzene rings is 4. The molecule has 0 spiro atoms. The zero-order valence-corrected chi connectivity index (χ0v) is 22.6. The number of amides is 1. The first-order chi connectivity index (χ1) is 19.4. The van der Waals surface area contributed by atoms with Gasteiger partial charge in [-0.3, -0.25) is 9.59 Å². The van der Waals surface area contributed by atoms with Crippen molar-refractivity contribution in [3.63, 3.8) is 0 Å². The van der Waals surface area contributed by atoms with Gasteiger partial charge in [0.1, 0.15) is 5.82 Å². The van der Waals surface area contributed by atoms with E-state index < -0.39 is 5.82 Å². The monoisotopic (exact) mass is 539 g/mol. The van der Waals surface area contributed by atoms with Crippen molar-refractivity contribution in [2.24, 2.45) is 0 Å². The molecule has 7 nitrogen and oxygen atoms in total. The first-order valence-corrected chi connectivity index (χ1v) is 12.9. The summed E-state index contributed by atoms with van der Waals surface area (Å²) >= 11 is 0. The molecule has 0 bridgehead atoms. The summed E-state index contributed by atoms with van der Waals surface area (Å²) in [6, 6.07) is 22.8. The van der Waals surface area contributed by atoms with Gasteiger partial charge < -0.3 is 24.7 Å². The average molecular weight is 540 g/mol. The van der Waals surface area contributed by atoms with Crippen molar-refractivity contribution in [2.75, 3.05) is 33.1 Å². The van der Waals surface area contributed by atoms with Crippen LogP contribution in [0.1, 0.15) is 21.5 Å². The normalized spacial score (nSPS) is 11.2. The Labute approximate surface area is 231 Å². The third-order valence-corrected chi connectivity index (χ3v) is 6.96. The van der Waals surface area contributed by atoms with E-state index in [9.17, 15) is 14.0 Å². The lowest BCUT2D eigenvalue weighted by molar-refractivity contribution is 0.102. The molecule has 4 aromatic carbocycles. The van der Waals surface area contributed by atoms with Gasteiger partial charge in [0, 0.05) is 29.5 Å². The van der Waals surface area contributed by atoms with Crippen LogP contribution >= 0.6 is 0 Å². The summed E-state index contributed by atoms with van der Waals surface area (Å²) in [6.45, 7) is 1.61. The highest BCUT2D eigenvalue weighted by molar-refractivity contribution is 6.13. The number of aromatic nitrogens is 1. The molecule has 1 aromatic heterocycles. The second-order valence-corrected chi connectivity index (χ2v) is 9.67. The fraction of sp³-hybridized carbons (Fsp3) is 0.188. The summed E-state index contributed by atoms with van der Waals surface area (Å²) in [5, 5.41) is 3.47. The van der Waals surface area contributed by atoms with Gasteiger partial charge >= 0.3 is 0 Å². The van der Waals surface area contributed by atoms with Crippen LogP contribution in [0.2, 0.25) is 0 Å². The van der Waals surface area contributed by atoms with Gasteiger partial charge in [-0.15, -0.1) is 0 Å². The van der Waals surface area contributed by atoms with Crippen LogP contribution in [0.4, 0.5) is 10.1 Å². The van der Waals surface area contributed by atoms with E-state index in [0.717, 1.165) is 30.6 Å². The van der Waals surface area contributed by atoms with Crippen molar-refractivity contribution in [1.29, 1.82) is 0 Å². The summed E-state index contributed by atoms with van der Waals surface area (Å²) in [6.07, 6.45) is 0.835. The number of nitrogens with one attached hydrogen (secondary N) is 2. The Morgan fingerprint density at radius 3 is 2.27 bits per heavy atom. The maximum absolute atomic E-state index is 14.4. The number of halogens is 1. The second-order valence-electron chi connectivity index (χ2n) is 9.67. The van der Waals surface area contributed by atoms with Crippen molar-refractivity contribution >= 4 is 33.4 Å². The Kier molecular flexibility index (Phi) is 7.79. The Morgan fingerprint density at radius 2 is 1.55 bits per heavy atom. The van der Waals surface area contributed by atoms with Crippen LogP contribution in [0, 0.1) is 5.82 Å². The quantitative estimate of drug-likeness (QED) is 0.233. The molecular weight excluding hydrogens is 509 g/mol.